The van der Waals surface area contributed by atoms with Gasteiger partial charge >= 0.3 is 0 Å². The van der Waals surface area contributed by atoms with Gasteiger partial charge in [0, 0.05) is 16.4 Å². The summed E-state index contributed by atoms with van der Waals surface area (Å²) in [5, 5.41) is 19.5. The van der Waals surface area contributed by atoms with Crippen molar-refractivity contribution in [1.29, 1.82) is 0 Å². The first kappa shape index (κ1) is 18.0. The van der Waals surface area contributed by atoms with E-state index < -0.39 is 5.91 Å². The molecule has 1 amide bonds. The molecule has 0 saturated heterocycles. The number of carbonyl (C=O) groups excluding carboxylic acids is 1. The Balaban J connectivity index is 1.89. The first-order valence-corrected chi connectivity index (χ1v) is 8.54. The van der Waals surface area contributed by atoms with Gasteiger partial charge in [0.25, 0.3) is 5.91 Å². The third-order valence-corrected chi connectivity index (χ3v) is 4.64. The first-order chi connectivity index (χ1) is 12.4. The molecule has 7 nitrogen and oxygen atoms in total. The molecule has 3 aromatic rings. The van der Waals surface area contributed by atoms with Crippen molar-refractivity contribution in [3.63, 3.8) is 0 Å². The molecule has 3 rings (SSSR count). The molecule has 1 heterocycles. The zero-order valence-electron chi connectivity index (χ0n) is 13.2. The van der Waals surface area contributed by atoms with Crippen molar-refractivity contribution in [2.24, 2.45) is 10.7 Å². The fourth-order valence-electron chi connectivity index (χ4n) is 2.16. The van der Waals surface area contributed by atoms with Crippen LogP contribution in [0, 0.1) is 0 Å². The molecule has 0 aliphatic heterocycles. The van der Waals surface area contributed by atoms with Crippen LogP contribution in [0.2, 0.25) is 5.02 Å². The Hall–Kier alpha value is -2.84. The number of benzene rings is 2. The summed E-state index contributed by atoms with van der Waals surface area (Å²) in [6.07, 6.45) is 1.53. The Labute approximate surface area is 162 Å². The van der Waals surface area contributed by atoms with Gasteiger partial charge in [-0.05, 0) is 64.0 Å². The lowest BCUT2D eigenvalue weighted by Gasteiger charge is -2.06. The summed E-state index contributed by atoms with van der Waals surface area (Å²) in [5.74, 6) is -0.0616. The lowest BCUT2D eigenvalue weighted by atomic mass is 10.2. The van der Waals surface area contributed by atoms with Gasteiger partial charge in [-0.1, -0.05) is 11.6 Å². The number of aromatic nitrogens is 2. The molecule has 2 aromatic carbocycles. The molecule has 5 N–H and O–H groups in total. The summed E-state index contributed by atoms with van der Waals surface area (Å²) in [7, 11) is 0. The maximum Gasteiger partial charge on any atom is 0.256 e. The second-order valence-corrected chi connectivity index (χ2v) is 6.53. The Morgan fingerprint density at radius 1 is 1.31 bits per heavy atom. The van der Waals surface area contributed by atoms with E-state index >= 15 is 0 Å². The van der Waals surface area contributed by atoms with Crippen molar-refractivity contribution in [2.75, 3.05) is 5.32 Å². The predicted octanol–water partition coefficient (Wildman–Crippen LogP) is 4.12. The van der Waals surface area contributed by atoms with E-state index in [-0.39, 0.29) is 22.9 Å². The van der Waals surface area contributed by atoms with Gasteiger partial charge in [-0.25, -0.2) is 4.99 Å². The molecule has 0 saturated carbocycles. The Morgan fingerprint density at radius 2 is 2.04 bits per heavy atom. The van der Waals surface area contributed by atoms with Crippen LogP contribution in [-0.4, -0.2) is 27.4 Å². The smallest absolute Gasteiger partial charge is 0.256 e. The van der Waals surface area contributed by atoms with Gasteiger partial charge in [0.2, 0.25) is 0 Å². The summed E-state index contributed by atoms with van der Waals surface area (Å²) in [5.41, 5.74) is 6.98. The summed E-state index contributed by atoms with van der Waals surface area (Å²) in [6.45, 7) is 0. The van der Waals surface area contributed by atoms with Crippen molar-refractivity contribution in [3.05, 3.63) is 63.1 Å². The highest BCUT2D eigenvalue weighted by Crippen LogP contribution is 2.30. The van der Waals surface area contributed by atoms with Crippen LogP contribution in [0.3, 0.4) is 0 Å². The standard InChI is InChI=1S/C17H13BrClN5O2/c18-12-6-3-10(7-13(12)19)22-17-14(15(20)26)16(23-24-17)21-8-9-1-4-11(25)5-2-9/h1-8,25H,(H2,20,26)(H2,22,23,24)/b21-8+. The number of nitrogens with two attached hydrogens (primary N) is 1. The fraction of sp³-hybridized carbons (Fsp3) is 0. The lowest BCUT2D eigenvalue weighted by Crippen LogP contribution is -2.12. The minimum Gasteiger partial charge on any atom is -0.508 e. The zero-order valence-corrected chi connectivity index (χ0v) is 15.5. The topological polar surface area (TPSA) is 116 Å². The Morgan fingerprint density at radius 3 is 2.69 bits per heavy atom. The molecule has 0 spiro atoms. The van der Waals surface area contributed by atoms with Crippen LogP contribution in [0.5, 0.6) is 5.75 Å². The van der Waals surface area contributed by atoms with Crippen molar-refractivity contribution >= 4 is 57.0 Å². The first-order valence-electron chi connectivity index (χ1n) is 7.37. The van der Waals surface area contributed by atoms with Crippen LogP contribution in [0.1, 0.15) is 15.9 Å². The number of H-pyrrole nitrogens is 1. The Bertz CT molecular complexity index is 985. The van der Waals surface area contributed by atoms with E-state index in [4.69, 9.17) is 17.3 Å². The van der Waals surface area contributed by atoms with Crippen molar-refractivity contribution in [2.45, 2.75) is 0 Å². The number of primary amides is 1. The van der Waals surface area contributed by atoms with E-state index in [2.05, 4.69) is 36.4 Å². The molecule has 1 aromatic heterocycles. The molecule has 0 bridgehead atoms. The maximum absolute atomic E-state index is 11.9. The van der Waals surface area contributed by atoms with E-state index in [1.165, 1.54) is 18.3 Å². The van der Waals surface area contributed by atoms with Gasteiger partial charge in [-0.15, -0.1) is 0 Å². The number of phenols is 1. The quantitative estimate of drug-likeness (QED) is 0.452. The SMILES string of the molecule is NC(=O)c1c(Nc2ccc(Br)c(Cl)c2)n[nH]c1/N=C/c1ccc(O)cc1. The molecular weight excluding hydrogens is 422 g/mol. The summed E-state index contributed by atoms with van der Waals surface area (Å²) in [4.78, 5) is 16.1. The molecule has 0 atom stereocenters. The summed E-state index contributed by atoms with van der Waals surface area (Å²) in [6, 6.07) is 11.7. The largest absolute Gasteiger partial charge is 0.508 e. The average Bonchev–Trinajstić information content (AvgIpc) is 3.00. The summed E-state index contributed by atoms with van der Waals surface area (Å²) < 4.78 is 0.751. The second kappa shape index (κ2) is 7.59. The number of nitrogens with one attached hydrogen (secondary N) is 2. The van der Waals surface area contributed by atoms with Gasteiger partial charge in [0.1, 0.15) is 11.3 Å². The predicted molar refractivity (Wildman–Crippen MR) is 105 cm³/mol. The molecule has 0 radical (unpaired) electrons. The van der Waals surface area contributed by atoms with E-state index in [1.807, 2.05) is 0 Å². The number of rotatable bonds is 5. The highest BCUT2D eigenvalue weighted by Gasteiger charge is 2.18. The van der Waals surface area contributed by atoms with Crippen LogP contribution in [0.4, 0.5) is 17.3 Å². The number of anilines is 2. The number of phenolic OH excluding ortho intramolecular Hbond substituents is 1. The molecule has 0 aliphatic rings. The highest BCUT2D eigenvalue weighted by molar-refractivity contribution is 9.10. The molecule has 0 unspecified atom stereocenters. The summed E-state index contributed by atoms with van der Waals surface area (Å²) >= 11 is 9.38. The van der Waals surface area contributed by atoms with Crippen LogP contribution in [0.15, 0.2) is 51.9 Å². The number of hydrogen-bond acceptors (Lipinski definition) is 5. The van der Waals surface area contributed by atoms with Crippen LogP contribution in [0.25, 0.3) is 0 Å². The number of halogens is 2. The number of aromatic hydroxyl groups is 1. The number of aliphatic imine (C=N–C) groups is 1. The number of nitrogens with zero attached hydrogens (tertiary/aromatic N) is 2. The van der Waals surface area contributed by atoms with E-state index in [0.717, 1.165) is 10.0 Å². The number of carbonyl (C=O) groups is 1. The van der Waals surface area contributed by atoms with Gasteiger partial charge in [-0.2, -0.15) is 5.10 Å². The number of aromatic amines is 1. The molecular formula is C17H13BrClN5O2. The van der Waals surface area contributed by atoms with Crippen molar-refractivity contribution in [3.8, 4) is 5.75 Å². The van der Waals surface area contributed by atoms with Crippen LogP contribution < -0.4 is 11.1 Å². The minimum atomic E-state index is -0.678. The molecule has 0 fully saturated rings. The molecule has 26 heavy (non-hydrogen) atoms. The molecule has 0 aliphatic carbocycles. The lowest BCUT2D eigenvalue weighted by molar-refractivity contribution is 0.100. The zero-order chi connectivity index (χ0) is 18.7. The van der Waals surface area contributed by atoms with E-state index in [1.54, 1.807) is 30.3 Å². The highest BCUT2D eigenvalue weighted by atomic mass is 79.9. The molecule has 9 heteroatoms. The molecule has 132 valence electrons. The third kappa shape index (κ3) is 4.04. The van der Waals surface area contributed by atoms with Crippen molar-refractivity contribution in [1.82, 2.24) is 10.2 Å². The van der Waals surface area contributed by atoms with E-state index in [0.29, 0.717) is 10.7 Å². The number of amides is 1. The second-order valence-electron chi connectivity index (χ2n) is 5.26. The van der Waals surface area contributed by atoms with Gasteiger partial charge < -0.3 is 16.2 Å². The van der Waals surface area contributed by atoms with Gasteiger partial charge in [0.05, 0.1) is 5.02 Å². The van der Waals surface area contributed by atoms with Crippen LogP contribution >= 0.6 is 27.5 Å². The normalized spacial score (nSPS) is 11.0. The van der Waals surface area contributed by atoms with E-state index in [9.17, 15) is 9.90 Å². The van der Waals surface area contributed by atoms with Gasteiger partial charge in [-0.3, -0.25) is 9.89 Å². The van der Waals surface area contributed by atoms with Gasteiger partial charge in [0.15, 0.2) is 11.6 Å². The van der Waals surface area contributed by atoms with Crippen molar-refractivity contribution < 1.29 is 9.90 Å². The average molecular weight is 435 g/mol. The fourth-order valence-corrected chi connectivity index (χ4v) is 2.59. The third-order valence-electron chi connectivity index (χ3n) is 3.41. The minimum absolute atomic E-state index is 0.124. The van der Waals surface area contributed by atoms with Crippen LogP contribution in [-0.2, 0) is 0 Å². The Kier molecular flexibility index (Phi) is 5.24. The maximum atomic E-state index is 11.9. The number of hydrogen-bond donors (Lipinski definition) is 4. The monoisotopic (exact) mass is 433 g/mol.